The maximum absolute atomic E-state index is 5.72. The lowest BCUT2D eigenvalue weighted by Gasteiger charge is -2.10. The van der Waals surface area contributed by atoms with Crippen molar-refractivity contribution in [2.24, 2.45) is 0 Å². The average molecular weight is 291 g/mol. The van der Waals surface area contributed by atoms with Gasteiger partial charge in [-0.1, -0.05) is 11.8 Å². The average Bonchev–Trinajstić information content (AvgIpc) is 2.43. The van der Waals surface area contributed by atoms with Crippen LogP contribution in [0.15, 0.2) is 29.4 Å². The molecule has 2 rings (SSSR count). The van der Waals surface area contributed by atoms with Gasteiger partial charge in [-0.2, -0.15) is 0 Å². The Morgan fingerprint density at radius 3 is 2.60 bits per heavy atom. The van der Waals surface area contributed by atoms with Crippen LogP contribution in [0, 0.1) is 6.92 Å². The second kappa shape index (κ2) is 6.47. The SMILES string of the molecule is COc1ccc(OC)c(CSc2nc(C)cc(N)n2)c1. The number of nitrogens with zero attached hydrogens (tertiary/aromatic N) is 2. The van der Waals surface area contributed by atoms with Gasteiger partial charge in [0.05, 0.1) is 14.2 Å². The summed E-state index contributed by atoms with van der Waals surface area (Å²) in [5.41, 5.74) is 7.61. The van der Waals surface area contributed by atoms with Gasteiger partial charge in [0.1, 0.15) is 17.3 Å². The van der Waals surface area contributed by atoms with Crippen molar-refractivity contribution in [3.63, 3.8) is 0 Å². The predicted octanol–water partition coefficient (Wildman–Crippen LogP) is 2.68. The molecule has 20 heavy (non-hydrogen) atoms. The topological polar surface area (TPSA) is 70.3 Å². The summed E-state index contributed by atoms with van der Waals surface area (Å²) in [5, 5.41) is 0.660. The molecule has 5 nitrogen and oxygen atoms in total. The molecular formula is C14H17N3O2S. The minimum absolute atomic E-state index is 0.484. The van der Waals surface area contributed by atoms with Crippen LogP contribution in [-0.4, -0.2) is 24.2 Å². The van der Waals surface area contributed by atoms with Gasteiger partial charge in [0, 0.05) is 23.1 Å². The molecule has 106 valence electrons. The Kier molecular flexibility index (Phi) is 4.68. The molecule has 1 aromatic carbocycles. The van der Waals surface area contributed by atoms with Crippen molar-refractivity contribution >= 4 is 17.6 Å². The first-order chi connectivity index (χ1) is 9.62. The number of benzene rings is 1. The Morgan fingerprint density at radius 2 is 1.95 bits per heavy atom. The number of ether oxygens (including phenoxy) is 2. The molecule has 0 bridgehead atoms. The Hall–Kier alpha value is -1.95. The number of rotatable bonds is 5. The smallest absolute Gasteiger partial charge is 0.190 e. The molecule has 0 amide bonds. The molecule has 0 atom stereocenters. The van der Waals surface area contributed by atoms with E-state index in [1.807, 2.05) is 25.1 Å². The normalized spacial score (nSPS) is 10.3. The Labute approximate surface area is 122 Å². The van der Waals surface area contributed by atoms with Crippen LogP contribution >= 0.6 is 11.8 Å². The maximum Gasteiger partial charge on any atom is 0.190 e. The number of anilines is 1. The minimum atomic E-state index is 0.484. The van der Waals surface area contributed by atoms with Gasteiger partial charge in [-0.15, -0.1) is 0 Å². The summed E-state index contributed by atoms with van der Waals surface area (Å²) in [6, 6.07) is 7.45. The number of aromatic nitrogens is 2. The van der Waals surface area contributed by atoms with Crippen LogP contribution in [-0.2, 0) is 5.75 Å². The van der Waals surface area contributed by atoms with Crippen molar-refractivity contribution in [3.8, 4) is 11.5 Å². The van der Waals surface area contributed by atoms with Gasteiger partial charge < -0.3 is 15.2 Å². The second-order valence-corrected chi connectivity index (χ2v) is 5.13. The Balaban J connectivity index is 2.17. The largest absolute Gasteiger partial charge is 0.497 e. The van der Waals surface area contributed by atoms with Crippen molar-refractivity contribution in [3.05, 3.63) is 35.5 Å². The minimum Gasteiger partial charge on any atom is -0.497 e. The first-order valence-electron chi connectivity index (χ1n) is 6.07. The lowest BCUT2D eigenvalue weighted by atomic mass is 10.2. The molecular weight excluding hydrogens is 274 g/mol. The third-order valence-electron chi connectivity index (χ3n) is 2.70. The molecule has 0 fully saturated rings. The number of hydrogen-bond donors (Lipinski definition) is 1. The van der Waals surface area contributed by atoms with Crippen molar-refractivity contribution in [1.29, 1.82) is 0 Å². The number of nitrogens with two attached hydrogens (primary N) is 1. The molecule has 6 heteroatoms. The highest BCUT2D eigenvalue weighted by Gasteiger charge is 2.08. The molecule has 0 aliphatic rings. The van der Waals surface area contributed by atoms with Crippen molar-refractivity contribution in [2.45, 2.75) is 17.8 Å². The fraction of sp³-hybridized carbons (Fsp3) is 0.286. The van der Waals surface area contributed by atoms with E-state index < -0.39 is 0 Å². The molecule has 0 saturated carbocycles. The van der Waals surface area contributed by atoms with Gasteiger partial charge in [0.25, 0.3) is 0 Å². The summed E-state index contributed by atoms with van der Waals surface area (Å²) in [7, 11) is 3.29. The van der Waals surface area contributed by atoms with Crippen LogP contribution in [0.2, 0.25) is 0 Å². The van der Waals surface area contributed by atoms with Gasteiger partial charge >= 0.3 is 0 Å². The summed E-state index contributed by atoms with van der Waals surface area (Å²) >= 11 is 1.51. The van der Waals surface area contributed by atoms with Crippen LogP contribution in [0.5, 0.6) is 11.5 Å². The number of thioether (sulfide) groups is 1. The van der Waals surface area contributed by atoms with Crippen LogP contribution in [0.25, 0.3) is 0 Å². The summed E-state index contributed by atoms with van der Waals surface area (Å²) in [6.07, 6.45) is 0. The van der Waals surface area contributed by atoms with E-state index in [0.29, 0.717) is 16.7 Å². The van der Waals surface area contributed by atoms with E-state index in [1.165, 1.54) is 11.8 Å². The highest BCUT2D eigenvalue weighted by Crippen LogP contribution is 2.29. The number of nitrogen functional groups attached to an aromatic ring is 1. The first kappa shape index (κ1) is 14.5. The molecule has 2 aromatic rings. The van der Waals surface area contributed by atoms with Crippen LogP contribution < -0.4 is 15.2 Å². The van der Waals surface area contributed by atoms with Gasteiger partial charge in [0.15, 0.2) is 5.16 Å². The van der Waals surface area contributed by atoms with Crippen LogP contribution in [0.4, 0.5) is 5.82 Å². The first-order valence-corrected chi connectivity index (χ1v) is 7.06. The van der Waals surface area contributed by atoms with Gasteiger partial charge in [-0.05, 0) is 25.1 Å². The molecule has 0 spiro atoms. The van der Waals surface area contributed by atoms with E-state index in [2.05, 4.69) is 9.97 Å². The highest BCUT2D eigenvalue weighted by molar-refractivity contribution is 7.98. The Morgan fingerprint density at radius 1 is 1.15 bits per heavy atom. The fourth-order valence-electron chi connectivity index (χ4n) is 1.77. The number of aryl methyl sites for hydroxylation is 1. The molecule has 1 heterocycles. The second-order valence-electron chi connectivity index (χ2n) is 4.18. The summed E-state index contributed by atoms with van der Waals surface area (Å²) in [4.78, 5) is 8.55. The number of methoxy groups -OCH3 is 2. The number of hydrogen-bond acceptors (Lipinski definition) is 6. The van der Waals surface area contributed by atoms with Gasteiger partial charge in [-0.25, -0.2) is 9.97 Å². The summed E-state index contributed by atoms with van der Waals surface area (Å²) in [6.45, 7) is 1.90. The summed E-state index contributed by atoms with van der Waals surface area (Å²) in [5.74, 6) is 2.78. The third kappa shape index (κ3) is 3.54. The maximum atomic E-state index is 5.72. The lowest BCUT2D eigenvalue weighted by molar-refractivity contribution is 0.400. The Bertz CT molecular complexity index is 585. The van der Waals surface area contributed by atoms with Crippen LogP contribution in [0.3, 0.4) is 0 Å². The molecule has 0 radical (unpaired) electrons. The van der Waals surface area contributed by atoms with E-state index in [1.54, 1.807) is 20.3 Å². The van der Waals surface area contributed by atoms with Crippen molar-refractivity contribution in [1.82, 2.24) is 9.97 Å². The molecule has 0 unspecified atom stereocenters. The van der Waals surface area contributed by atoms with E-state index in [0.717, 1.165) is 22.8 Å². The zero-order chi connectivity index (χ0) is 14.5. The van der Waals surface area contributed by atoms with E-state index >= 15 is 0 Å². The molecule has 0 aliphatic heterocycles. The molecule has 1 aromatic heterocycles. The fourth-order valence-corrected chi connectivity index (χ4v) is 2.66. The van der Waals surface area contributed by atoms with Gasteiger partial charge in [0.2, 0.25) is 0 Å². The molecule has 0 aliphatic carbocycles. The highest BCUT2D eigenvalue weighted by atomic mass is 32.2. The lowest BCUT2D eigenvalue weighted by Crippen LogP contribution is -1.97. The monoisotopic (exact) mass is 291 g/mol. The molecule has 0 saturated heterocycles. The summed E-state index contributed by atoms with van der Waals surface area (Å²) < 4.78 is 10.6. The van der Waals surface area contributed by atoms with Crippen LogP contribution in [0.1, 0.15) is 11.3 Å². The van der Waals surface area contributed by atoms with Crippen molar-refractivity contribution in [2.75, 3.05) is 20.0 Å². The van der Waals surface area contributed by atoms with E-state index in [9.17, 15) is 0 Å². The zero-order valence-electron chi connectivity index (χ0n) is 11.7. The van der Waals surface area contributed by atoms with E-state index in [-0.39, 0.29) is 0 Å². The van der Waals surface area contributed by atoms with Gasteiger partial charge in [-0.3, -0.25) is 0 Å². The molecule has 2 N–H and O–H groups in total. The quantitative estimate of drug-likeness (QED) is 0.674. The third-order valence-corrected chi connectivity index (χ3v) is 3.59. The standard InChI is InChI=1S/C14H17N3O2S/c1-9-6-13(15)17-14(16-9)20-8-10-7-11(18-2)4-5-12(10)19-3/h4-7H,8H2,1-3H3,(H2,15,16,17). The zero-order valence-corrected chi connectivity index (χ0v) is 12.5. The van der Waals surface area contributed by atoms with E-state index in [4.69, 9.17) is 15.2 Å². The van der Waals surface area contributed by atoms with Crippen molar-refractivity contribution < 1.29 is 9.47 Å². The predicted molar refractivity (Wildman–Crippen MR) is 80.3 cm³/mol.